The fourth-order valence-corrected chi connectivity index (χ4v) is 6.99. The summed E-state index contributed by atoms with van der Waals surface area (Å²) in [7, 11) is -2.90. The number of thiophene rings is 1. The molecule has 0 bridgehead atoms. The molecule has 0 spiro atoms. The summed E-state index contributed by atoms with van der Waals surface area (Å²) in [4.78, 5) is 11.8. The minimum atomic E-state index is -4.07. The highest BCUT2D eigenvalue weighted by molar-refractivity contribution is 7.91. The Morgan fingerprint density at radius 3 is 2.74 bits per heavy atom. The quantitative estimate of drug-likeness (QED) is 0.671. The largest absolute Gasteiger partial charge is 0.465 e. The summed E-state index contributed by atoms with van der Waals surface area (Å²) in [5.41, 5.74) is 0.219. The number of sulfonamides is 1. The molecule has 1 fully saturated rings. The van der Waals surface area contributed by atoms with Crippen LogP contribution in [0.3, 0.4) is 0 Å². The number of rotatable bonds is 4. The number of hydrogen-bond donors (Lipinski definition) is 0. The van der Waals surface area contributed by atoms with E-state index in [2.05, 4.69) is 4.74 Å². The van der Waals surface area contributed by atoms with Gasteiger partial charge in [0.1, 0.15) is 20.7 Å². The zero-order chi connectivity index (χ0) is 19.9. The third-order valence-corrected chi connectivity index (χ3v) is 8.83. The SMILES string of the molecule is COC(=O)c1sc(S(=O)(=O)N2CCCC2c2cc(F)ccc2F)c(C)c1Cl. The van der Waals surface area contributed by atoms with Crippen LogP contribution in [0.4, 0.5) is 8.78 Å². The number of halogens is 3. The average molecular weight is 436 g/mol. The molecule has 146 valence electrons. The number of carbonyl (C=O) groups is 1. The van der Waals surface area contributed by atoms with Crippen molar-refractivity contribution in [1.82, 2.24) is 4.31 Å². The van der Waals surface area contributed by atoms with Gasteiger partial charge in [-0.05, 0) is 43.5 Å². The molecule has 10 heteroatoms. The van der Waals surface area contributed by atoms with E-state index in [0.29, 0.717) is 24.2 Å². The maximum absolute atomic E-state index is 14.2. The second kappa shape index (κ2) is 7.46. The van der Waals surface area contributed by atoms with Gasteiger partial charge in [-0.15, -0.1) is 11.3 Å². The number of esters is 1. The molecule has 1 aromatic heterocycles. The van der Waals surface area contributed by atoms with Crippen LogP contribution in [0.1, 0.15) is 39.7 Å². The van der Waals surface area contributed by atoms with Crippen molar-refractivity contribution >= 4 is 38.9 Å². The summed E-state index contributed by atoms with van der Waals surface area (Å²) in [6.07, 6.45) is 0.865. The first-order valence-corrected chi connectivity index (χ1v) is 10.7. The Morgan fingerprint density at radius 2 is 2.07 bits per heavy atom. The molecular weight excluding hydrogens is 420 g/mol. The molecule has 1 aromatic carbocycles. The first-order chi connectivity index (χ1) is 12.7. The predicted octanol–water partition coefficient (Wildman–Crippen LogP) is 4.30. The Bertz CT molecular complexity index is 1010. The van der Waals surface area contributed by atoms with Gasteiger partial charge in [-0.1, -0.05) is 11.6 Å². The van der Waals surface area contributed by atoms with E-state index < -0.39 is 33.7 Å². The number of ether oxygens (including phenoxy) is 1. The molecule has 27 heavy (non-hydrogen) atoms. The first-order valence-electron chi connectivity index (χ1n) is 8.02. The Morgan fingerprint density at radius 1 is 1.37 bits per heavy atom. The van der Waals surface area contributed by atoms with Crippen molar-refractivity contribution in [3.8, 4) is 0 Å². The van der Waals surface area contributed by atoms with Gasteiger partial charge in [-0.2, -0.15) is 4.31 Å². The van der Waals surface area contributed by atoms with Crippen molar-refractivity contribution < 1.29 is 26.7 Å². The molecule has 1 saturated heterocycles. The summed E-state index contributed by atoms with van der Waals surface area (Å²) in [6, 6.07) is 2.16. The third-order valence-electron chi connectivity index (χ3n) is 4.46. The molecule has 1 atom stereocenters. The van der Waals surface area contributed by atoms with E-state index in [-0.39, 0.29) is 31.8 Å². The first kappa shape index (κ1) is 20.2. The minimum Gasteiger partial charge on any atom is -0.465 e. The zero-order valence-electron chi connectivity index (χ0n) is 14.5. The Kier molecular flexibility index (Phi) is 5.58. The second-order valence-electron chi connectivity index (χ2n) is 6.09. The van der Waals surface area contributed by atoms with Crippen molar-refractivity contribution in [3.05, 3.63) is 50.9 Å². The summed E-state index contributed by atoms with van der Waals surface area (Å²) < 4.78 is 59.9. The van der Waals surface area contributed by atoms with Crippen molar-refractivity contribution in [2.24, 2.45) is 0 Å². The molecular formula is C17H16ClF2NO4S2. The lowest BCUT2D eigenvalue weighted by Gasteiger charge is -2.24. The van der Waals surface area contributed by atoms with Crippen LogP contribution in [0.15, 0.2) is 22.4 Å². The van der Waals surface area contributed by atoms with Gasteiger partial charge in [0, 0.05) is 12.1 Å². The van der Waals surface area contributed by atoms with Gasteiger partial charge in [0.25, 0.3) is 10.0 Å². The topological polar surface area (TPSA) is 63.7 Å². The summed E-state index contributed by atoms with van der Waals surface area (Å²) in [5, 5.41) is 0.0121. The number of carbonyl (C=O) groups excluding carboxylic acids is 1. The van der Waals surface area contributed by atoms with E-state index in [0.717, 1.165) is 22.5 Å². The van der Waals surface area contributed by atoms with E-state index in [1.54, 1.807) is 0 Å². The van der Waals surface area contributed by atoms with Gasteiger partial charge in [-0.25, -0.2) is 22.0 Å². The monoisotopic (exact) mass is 435 g/mol. The molecule has 5 nitrogen and oxygen atoms in total. The van der Waals surface area contributed by atoms with Crippen LogP contribution >= 0.6 is 22.9 Å². The molecule has 0 saturated carbocycles. The highest BCUT2D eigenvalue weighted by Crippen LogP contribution is 2.43. The highest BCUT2D eigenvalue weighted by atomic mass is 35.5. The van der Waals surface area contributed by atoms with E-state index in [9.17, 15) is 22.0 Å². The number of benzene rings is 1. The molecule has 0 N–H and O–H groups in total. The molecule has 2 heterocycles. The second-order valence-corrected chi connectivity index (χ2v) is 9.57. The molecule has 0 aliphatic carbocycles. The van der Waals surface area contributed by atoms with Crippen molar-refractivity contribution in [2.45, 2.75) is 30.0 Å². The molecule has 1 aliphatic heterocycles. The van der Waals surface area contributed by atoms with Gasteiger partial charge >= 0.3 is 5.97 Å². The zero-order valence-corrected chi connectivity index (χ0v) is 16.9. The number of methoxy groups -OCH3 is 1. The Hall–Kier alpha value is -1.55. The lowest BCUT2D eigenvalue weighted by atomic mass is 10.0. The Labute approximate surface area is 164 Å². The van der Waals surface area contributed by atoms with Crippen molar-refractivity contribution in [1.29, 1.82) is 0 Å². The van der Waals surface area contributed by atoms with E-state index in [1.165, 1.54) is 14.0 Å². The van der Waals surface area contributed by atoms with Crippen LogP contribution in [0.2, 0.25) is 5.02 Å². The number of nitrogens with zero attached hydrogens (tertiary/aromatic N) is 1. The predicted molar refractivity (Wildman–Crippen MR) is 97.6 cm³/mol. The average Bonchev–Trinajstić information content (AvgIpc) is 3.23. The summed E-state index contributed by atoms with van der Waals surface area (Å²) in [6.45, 7) is 1.65. The molecule has 1 unspecified atom stereocenters. The van der Waals surface area contributed by atoms with Crippen LogP contribution in [-0.4, -0.2) is 32.3 Å². The number of hydrogen-bond acceptors (Lipinski definition) is 5. The van der Waals surface area contributed by atoms with Gasteiger partial charge < -0.3 is 4.74 Å². The summed E-state index contributed by atoms with van der Waals surface area (Å²) in [5.74, 6) is -2.04. The molecule has 0 radical (unpaired) electrons. The molecule has 2 aromatic rings. The van der Waals surface area contributed by atoms with E-state index >= 15 is 0 Å². The van der Waals surface area contributed by atoms with Gasteiger partial charge in [0.2, 0.25) is 0 Å². The smallest absolute Gasteiger partial charge is 0.349 e. The fraction of sp³-hybridized carbons (Fsp3) is 0.353. The van der Waals surface area contributed by atoms with Crippen LogP contribution in [-0.2, 0) is 14.8 Å². The maximum atomic E-state index is 14.2. The van der Waals surface area contributed by atoms with Crippen LogP contribution in [0.25, 0.3) is 0 Å². The normalized spacial score (nSPS) is 18.0. The van der Waals surface area contributed by atoms with Crippen molar-refractivity contribution in [3.63, 3.8) is 0 Å². The fourth-order valence-electron chi connectivity index (χ4n) is 3.16. The summed E-state index contributed by atoms with van der Waals surface area (Å²) >= 11 is 6.83. The van der Waals surface area contributed by atoms with Crippen LogP contribution in [0, 0.1) is 18.6 Å². The Balaban J connectivity index is 2.07. The molecule has 1 aliphatic rings. The molecule has 0 amide bonds. The van der Waals surface area contributed by atoms with Gasteiger partial charge in [0.05, 0.1) is 18.2 Å². The highest BCUT2D eigenvalue weighted by Gasteiger charge is 2.40. The minimum absolute atomic E-state index is 0.00966. The third kappa shape index (κ3) is 3.49. The van der Waals surface area contributed by atoms with Crippen LogP contribution < -0.4 is 0 Å². The lowest BCUT2D eigenvalue weighted by molar-refractivity contribution is 0.0606. The van der Waals surface area contributed by atoms with Gasteiger partial charge in [0.15, 0.2) is 0 Å². The van der Waals surface area contributed by atoms with E-state index in [1.807, 2.05) is 0 Å². The lowest BCUT2D eigenvalue weighted by Crippen LogP contribution is -2.31. The molecule has 3 rings (SSSR count). The standard InChI is InChI=1S/C17H16ClF2NO4S2/c1-9-14(18)15(16(22)25-2)26-17(9)27(23,24)21-7-3-4-13(21)11-8-10(19)5-6-12(11)20/h5-6,8,13H,3-4,7H2,1-2H3. The van der Waals surface area contributed by atoms with Crippen molar-refractivity contribution in [2.75, 3.05) is 13.7 Å². The van der Waals surface area contributed by atoms with Crippen LogP contribution in [0.5, 0.6) is 0 Å². The van der Waals surface area contributed by atoms with Gasteiger partial charge in [-0.3, -0.25) is 0 Å². The van der Waals surface area contributed by atoms with E-state index in [4.69, 9.17) is 11.6 Å². The maximum Gasteiger partial charge on any atom is 0.349 e.